The van der Waals surface area contributed by atoms with Crippen molar-refractivity contribution in [3.05, 3.63) is 28.0 Å². The van der Waals surface area contributed by atoms with Crippen molar-refractivity contribution < 1.29 is 4.39 Å². The first-order valence-corrected chi connectivity index (χ1v) is 7.77. The van der Waals surface area contributed by atoms with Crippen LogP contribution in [0.4, 0.5) is 10.1 Å². The molecule has 2 rings (SSSR count). The van der Waals surface area contributed by atoms with Gasteiger partial charge in [-0.2, -0.15) is 5.26 Å². The number of halogens is 2. The minimum Gasteiger partial charge on any atom is -0.369 e. The van der Waals surface area contributed by atoms with Gasteiger partial charge in [-0.25, -0.2) is 4.39 Å². The number of anilines is 1. The van der Waals surface area contributed by atoms with Crippen molar-refractivity contribution in [1.29, 1.82) is 5.26 Å². The maximum absolute atomic E-state index is 14.3. The van der Waals surface area contributed by atoms with E-state index in [-0.39, 0.29) is 10.3 Å². The van der Waals surface area contributed by atoms with Gasteiger partial charge in [0, 0.05) is 13.1 Å². The first-order valence-electron chi connectivity index (χ1n) is 6.97. The van der Waals surface area contributed by atoms with E-state index in [1.165, 1.54) is 0 Å². The van der Waals surface area contributed by atoms with Gasteiger partial charge in [-0.3, -0.25) is 0 Å². The summed E-state index contributed by atoms with van der Waals surface area (Å²) < 4.78 is 14.6. The van der Waals surface area contributed by atoms with E-state index in [0.29, 0.717) is 22.6 Å². The van der Waals surface area contributed by atoms with Crippen LogP contribution in [0, 0.1) is 28.5 Å². The van der Waals surface area contributed by atoms with Crippen LogP contribution in [0.25, 0.3) is 0 Å². The van der Waals surface area contributed by atoms with Gasteiger partial charge in [-0.05, 0) is 52.2 Å². The summed E-state index contributed by atoms with van der Waals surface area (Å²) in [5.74, 6) is 0.363. The van der Waals surface area contributed by atoms with Gasteiger partial charge in [0.2, 0.25) is 0 Å². The van der Waals surface area contributed by atoms with Crippen LogP contribution in [-0.2, 0) is 0 Å². The molecule has 1 aliphatic rings. The fourth-order valence-corrected chi connectivity index (χ4v) is 3.28. The zero-order chi connectivity index (χ0) is 14.9. The van der Waals surface area contributed by atoms with E-state index in [0.717, 1.165) is 25.9 Å². The van der Waals surface area contributed by atoms with Crippen LogP contribution in [0.1, 0.15) is 39.2 Å². The summed E-state index contributed by atoms with van der Waals surface area (Å²) in [4.78, 5) is 2.09. The molecule has 0 N–H and O–H groups in total. The molecule has 0 atom stereocenters. The number of hydrogen-bond acceptors (Lipinski definition) is 2. The molecule has 20 heavy (non-hydrogen) atoms. The molecule has 0 aromatic heterocycles. The maximum Gasteiger partial charge on any atom is 0.161 e. The molecule has 0 radical (unpaired) electrons. The molecule has 0 bridgehead atoms. The molecule has 2 nitrogen and oxygen atoms in total. The fraction of sp³-hybridized carbons (Fsp3) is 0.562. The molecule has 1 aromatic carbocycles. The lowest BCUT2D eigenvalue weighted by Gasteiger charge is -2.39. The van der Waals surface area contributed by atoms with Crippen LogP contribution in [0.3, 0.4) is 0 Å². The summed E-state index contributed by atoms with van der Waals surface area (Å²) in [6.07, 6.45) is 2.17. The SMILES string of the molecule is CC(C)(C)C1CCN(c2ccc(C#N)c(Br)c2F)CC1. The average molecular weight is 339 g/mol. The Balaban J connectivity index is 2.16. The molecule has 1 saturated heterocycles. The number of hydrogen-bond donors (Lipinski definition) is 0. The zero-order valence-corrected chi connectivity index (χ0v) is 13.8. The molecule has 1 heterocycles. The summed E-state index contributed by atoms with van der Waals surface area (Å²) in [5.41, 5.74) is 1.26. The quantitative estimate of drug-likeness (QED) is 0.740. The van der Waals surface area contributed by atoms with E-state index >= 15 is 0 Å². The van der Waals surface area contributed by atoms with Gasteiger partial charge < -0.3 is 4.90 Å². The van der Waals surface area contributed by atoms with Crippen LogP contribution in [0.2, 0.25) is 0 Å². The molecule has 1 aromatic rings. The second-order valence-corrected chi connectivity index (χ2v) is 7.29. The lowest BCUT2D eigenvalue weighted by atomic mass is 9.75. The van der Waals surface area contributed by atoms with Gasteiger partial charge >= 0.3 is 0 Å². The van der Waals surface area contributed by atoms with E-state index in [4.69, 9.17) is 5.26 Å². The van der Waals surface area contributed by atoms with Gasteiger partial charge in [0.15, 0.2) is 5.82 Å². The molecule has 0 aliphatic carbocycles. The molecule has 108 valence electrons. The first-order chi connectivity index (χ1) is 9.34. The summed E-state index contributed by atoms with van der Waals surface area (Å²) in [6.45, 7) is 8.55. The van der Waals surface area contributed by atoms with E-state index < -0.39 is 0 Å². The highest BCUT2D eigenvalue weighted by atomic mass is 79.9. The monoisotopic (exact) mass is 338 g/mol. The Morgan fingerprint density at radius 2 is 1.90 bits per heavy atom. The standard InChI is InChI=1S/C16H20BrFN2/c1-16(2,3)12-6-8-20(9-7-12)13-5-4-11(10-19)14(17)15(13)18/h4-5,12H,6-9H2,1-3H3. The van der Waals surface area contributed by atoms with Crippen LogP contribution in [0.15, 0.2) is 16.6 Å². The van der Waals surface area contributed by atoms with Crippen molar-refractivity contribution in [3.8, 4) is 6.07 Å². The highest BCUT2D eigenvalue weighted by Crippen LogP contribution is 2.37. The van der Waals surface area contributed by atoms with Crippen molar-refractivity contribution >= 4 is 21.6 Å². The molecule has 1 aliphatic heterocycles. The minimum atomic E-state index is -0.321. The maximum atomic E-state index is 14.3. The molecule has 1 fully saturated rings. The van der Waals surface area contributed by atoms with E-state index in [9.17, 15) is 4.39 Å². The lowest BCUT2D eigenvalue weighted by molar-refractivity contribution is 0.198. The van der Waals surface area contributed by atoms with Crippen molar-refractivity contribution in [2.24, 2.45) is 11.3 Å². The molecule has 0 amide bonds. The second-order valence-electron chi connectivity index (χ2n) is 6.50. The number of benzene rings is 1. The summed E-state index contributed by atoms with van der Waals surface area (Å²) >= 11 is 3.18. The van der Waals surface area contributed by atoms with Gasteiger partial charge in [0.05, 0.1) is 15.7 Å². The van der Waals surface area contributed by atoms with Gasteiger partial charge in [0.1, 0.15) is 6.07 Å². The number of nitriles is 1. The minimum absolute atomic E-state index is 0.274. The van der Waals surface area contributed by atoms with Crippen LogP contribution in [-0.4, -0.2) is 13.1 Å². The van der Waals surface area contributed by atoms with Crippen molar-refractivity contribution in [3.63, 3.8) is 0 Å². The Kier molecular flexibility index (Phi) is 4.39. The average Bonchev–Trinajstić information content (AvgIpc) is 2.41. The fourth-order valence-electron chi connectivity index (χ4n) is 2.86. The Morgan fingerprint density at radius 1 is 1.30 bits per heavy atom. The van der Waals surface area contributed by atoms with Crippen LogP contribution < -0.4 is 4.90 Å². The molecular weight excluding hydrogens is 319 g/mol. The Bertz CT molecular complexity index is 535. The second kappa shape index (κ2) is 5.73. The van der Waals surface area contributed by atoms with Crippen molar-refractivity contribution in [2.75, 3.05) is 18.0 Å². The molecule has 0 unspecified atom stereocenters. The number of rotatable bonds is 1. The molecule has 0 spiro atoms. The zero-order valence-electron chi connectivity index (χ0n) is 12.2. The summed E-state index contributed by atoms with van der Waals surface area (Å²) in [5, 5.41) is 8.91. The normalized spacial score (nSPS) is 17.1. The van der Waals surface area contributed by atoms with E-state index in [1.807, 2.05) is 6.07 Å². The van der Waals surface area contributed by atoms with Gasteiger partial charge in [-0.1, -0.05) is 20.8 Å². The third-order valence-electron chi connectivity index (χ3n) is 4.24. The molecule has 4 heteroatoms. The highest BCUT2D eigenvalue weighted by Gasteiger charge is 2.29. The predicted octanol–water partition coefficient (Wildman–Crippen LogP) is 4.72. The lowest BCUT2D eigenvalue weighted by Crippen LogP contribution is -2.38. The third kappa shape index (κ3) is 2.98. The number of nitrogens with zero attached hydrogens (tertiary/aromatic N) is 2. The first kappa shape index (κ1) is 15.3. The Hall–Kier alpha value is -1.08. The highest BCUT2D eigenvalue weighted by molar-refractivity contribution is 9.10. The van der Waals surface area contributed by atoms with Crippen LogP contribution >= 0.6 is 15.9 Å². The van der Waals surface area contributed by atoms with Gasteiger partial charge in [-0.15, -0.1) is 0 Å². The van der Waals surface area contributed by atoms with E-state index in [1.54, 1.807) is 12.1 Å². The Morgan fingerprint density at radius 3 is 2.40 bits per heavy atom. The predicted molar refractivity (Wildman–Crippen MR) is 83.2 cm³/mol. The Labute approximate surface area is 128 Å². The molecule has 0 saturated carbocycles. The third-order valence-corrected chi connectivity index (χ3v) is 5.02. The van der Waals surface area contributed by atoms with Crippen molar-refractivity contribution in [2.45, 2.75) is 33.6 Å². The smallest absolute Gasteiger partial charge is 0.161 e. The van der Waals surface area contributed by atoms with Crippen molar-refractivity contribution in [1.82, 2.24) is 0 Å². The largest absolute Gasteiger partial charge is 0.369 e. The topological polar surface area (TPSA) is 27.0 Å². The van der Waals surface area contributed by atoms with E-state index in [2.05, 4.69) is 41.6 Å². The van der Waals surface area contributed by atoms with Crippen LogP contribution in [0.5, 0.6) is 0 Å². The summed E-state index contributed by atoms with van der Waals surface area (Å²) in [6, 6.07) is 5.39. The molecular formula is C16H20BrFN2. The number of piperidine rings is 1. The summed E-state index contributed by atoms with van der Waals surface area (Å²) in [7, 11) is 0. The van der Waals surface area contributed by atoms with Gasteiger partial charge in [0.25, 0.3) is 0 Å².